The van der Waals surface area contributed by atoms with Crippen LogP contribution in [0.3, 0.4) is 0 Å². The molecule has 0 spiro atoms. The maximum atomic E-state index is 13.2. The van der Waals surface area contributed by atoms with E-state index >= 15 is 0 Å². The molecule has 4 nitrogen and oxygen atoms in total. The number of carbonyl (C=O) groups excluding carboxylic acids is 2. The Balaban J connectivity index is 1.85. The van der Waals surface area contributed by atoms with Gasteiger partial charge in [0.2, 0.25) is 11.8 Å². The Labute approximate surface area is 138 Å². The van der Waals surface area contributed by atoms with Gasteiger partial charge in [-0.05, 0) is 44.3 Å². The molecule has 0 aliphatic carbocycles. The molecule has 2 fully saturated rings. The fourth-order valence-corrected chi connectivity index (χ4v) is 3.93. The van der Waals surface area contributed by atoms with Crippen LogP contribution in [-0.2, 0) is 15.0 Å². The van der Waals surface area contributed by atoms with Crippen molar-refractivity contribution in [1.82, 2.24) is 9.80 Å². The van der Waals surface area contributed by atoms with Gasteiger partial charge in [-0.2, -0.15) is 0 Å². The van der Waals surface area contributed by atoms with Crippen LogP contribution < -0.4 is 0 Å². The molecule has 3 rings (SSSR count). The summed E-state index contributed by atoms with van der Waals surface area (Å²) in [5.74, 6) is -0.0198. The molecule has 4 heteroatoms. The van der Waals surface area contributed by atoms with E-state index in [4.69, 9.17) is 0 Å². The molecule has 124 valence electrons. The van der Waals surface area contributed by atoms with E-state index in [1.807, 2.05) is 30.3 Å². The van der Waals surface area contributed by atoms with Crippen molar-refractivity contribution in [3.8, 4) is 0 Å². The van der Waals surface area contributed by atoms with Crippen LogP contribution in [0.2, 0.25) is 0 Å². The maximum absolute atomic E-state index is 13.2. The number of likely N-dealkylation sites (tertiary alicyclic amines) is 2. The first-order valence-corrected chi connectivity index (χ1v) is 8.80. The summed E-state index contributed by atoms with van der Waals surface area (Å²) >= 11 is 0. The number of nitrogens with zero attached hydrogens (tertiary/aromatic N) is 2. The molecule has 1 unspecified atom stereocenters. The van der Waals surface area contributed by atoms with E-state index in [0.717, 1.165) is 37.9 Å². The molecular weight excluding hydrogens is 288 g/mol. The van der Waals surface area contributed by atoms with Crippen molar-refractivity contribution in [1.29, 1.82) is 0 Å². The topological polar surface area (TPSA) is 40.6 Å². The third kappa shape index (κ3) is 3.05. The second-order valence-electron chi connectivity index (χ2n) is 6.75. The monoisotopic (exact) mass is 314 g/mol. The standard InChI is InChI=1S/C19H26N2O2/c1-2-19(16-9-5-3-6-10-16)12-11-17(22)21(18(19)23)15-20-13-7-4-8-14-20/h3,5-6,9-10H,2,4,7-8,11-15H2,1H3. The first-order valence-electron chi connectivity index (χ1n) is 8.80. The molecule has 0 saturated carbocycles. The van der Waals surface area contributed by atoms with Crippen LogP contribution >= 0.6 is 0 Å². The number of amides is 2. The lowest BCUT2D eigenvalue weighted by Crippen LogP contribution is -2.57. The molecule has 0 bridgehead atoms. The fraction of sp³-hybridized carbons (Fsp3) is 0.579. The smallest absolute Gasteiger partial charge is 0.240 e. The molecule has 1 aromatic rings. The van der Waals surface area contributed by atoms with Gasteiger partial charge in [0.1, 0.15) is 0 Å². The average Bonchev–Trinajstić information content (AvgIpc) is 2.61. The molecule has 2 saturated heterocycles. The molecule has 2 heterocycles. The number of benzene rings is 1. The average molecular weight is 314 g/mol. The highest BCUT2D eigenvalue weighted by Crippen LogP contribution is 2.38. The van der Waals surface area contributed by atoms with Crippen molar-refractivity contribution < 1.29 is 9.59 Å². The van der Waals surface area contributed by atoms with Gasteiger partial charge in [-0.25, -0.2) is 0 Å². The van der Waals surface area contributed by atoms with Crippen LogP contribution in [0.25, 0.3) is 0 Å². The normalized spacial score (nSPS) is 26.6. The van der Waals surface area contributed by atoms with E-state index in [9.17, 15) is 9.59 Å². The van der Waals surface area contributed by atoms with Crippen molar-refractivity contribution in [2.45, 2.75) is 50.9 Å². The van der Waals surface area contributed by atoms with Crippen molar-refractivity contribution in [3.63, 3.8) is 0 Å². The van der Waals surface area contributed by atoms with Crippen molar-refractivity contribution in [3.05, 3.63) is 35.9 Å². The number of carbonyl (C=O) groups is 2. The van der Waals surface area contributed by atoms with Gasteiger partial charge in [0.25, 0.3) is 0 Å². The first kappa shape index (κ1) is 16.2. The van der Waals surface area contributed by atoms with Crippen molar-refractivity contribution in [2.75, 3.05) is 19.8 Å². The Kier molecular flexibility index (Phi) is 4.81. The minimum absolute atomic E-state index is 0.00646. The van der Waals surface area contributed by atoms with Gasteiger partial charge in [-0.1, -0.05) is 43.7 Å². The number of piperidine rings is 2. The molecule has 0 aromatic heterocycles. The third-order valence-corrected chi connectivity index (χ3v) is 5.44. The van der Waals surface area contributed by atoms with Gasteiger partial charge in [0, 0.05) is 6.42 Å². The van der Waals surface area contributed by atoms with Crippen LogP contribution in [0, 0.1) is 0 Å². The molecule has 2 amide bonds. The van der Waals surface area contributed by atoms with E-state index in [2.05, 4.69) is 11.8 Å². The molecule has 0 radical (unpaired) electrons. The second kappa shape index (κ2) is 6.83. The summed E-state index contributed by atoms with van der Waals surface area (Å²) in [4.78, 5) is 29.4. The molecule has 1 aromatic carbocycles. The zero-order chi connectivity index (χ0) is 16.3. The summed E-state index contributed by atoms with van der Waals surface area (Å²) in [6.45, 7) is 4.50. The maximum Gasteiger partial charge on any atom is 0.240 e. The Morgan fingerprint density at radius 2 is 1.74 bits per heavy atom. The summed E-state index contributed by atoms with van der Waals surface area (Å²) in [6.07, 6.45) is 5.40. The zero-order valence-corrected chi connectivity index (χ0v) is 14.0. The summed E-state index contributed by atoms with van der Waals surface area (Å²) in [5.41, 5.74) is 0.508. The highest BCUT2D eigenvalue weighted by molar-refractivity contribution is 6.03. The van der Waals surface area contributed by atoms with E-state index in [0.29, 0.717) is 19.5 Å². The van der Waals surface area contributed by atoms with Gasteiger partial charge in [-0.15, -0.1) is 0 Å². The third-order valence-electron chi connectivity index (χ3n) is 5.44. The van der Waals surface area contributed by atoms with Gasteiger partial charge >= 0.3 is 0 Å². The van der Waals surface area contributed by atoms with Crippen LogP contribution in [0.1, 0.15) is 51.0 Å². The number of hydrogen-bond donors (Lipinski definition) is 0. The quantitative estimate of drug-likeness (QED) is 0.802. The lowest BCUT2D eigenvalue weighted by Gasteiger charge is -2.42. The summed E-state index contributed by atoms with van der Waals surface area (Å²) in [7, 11) is 0. The fourth-order valence-electron chi connectivity index (χ4n) is 3.93. The lowest BCUT2D eigenvalue weighted by atomic mass is 9.71. The number of hydrogen-bond acceptors (Lipinski definition) is 3. The molecule has 1 atom stereocenters. The van der Waals surface area contributed by atoms with Gasteiger partial charge in [0.05, 0.1) is 12.1 Å². The second-order valence-corrected chi connectivity index (χ2v) is 6.75. The van der Waals surface area contributed by atoms with Crippen LogP contribution in [0.15, 0.2) is 30.3 Å². The van der Waals surface area contributed by atoms with Gasteiger partial charge < -0.3 is 0 Å². The van der Waals surface area contributed by atoms with Crippen molar-refractivity contribution >= 4 is 11.8 Å². The molecular formula is C19H26N2O2. The highest BCUT2D eigenvalue weighted by Gasteiger charge is 2.47. The summed E-state index contributed by atoms with van der Waals surface area (Å²) < 4.78 is 0. The Morgan fingerprint density at radius 1 is 1.04 bits per heavy atom. The molecule has 2 aliphatic rings. The van der Waals surface area contributed by atoms with Gasteiger partial charge in [-0.3, -0.25) is 19.4 Å². The van der Waals surface area contributed by atoms with Crippen molar-refractivity contribution in [2.24, 2.45) is 0 Å². The zero-order valence-electron chi connectivity index (χ0n) is 14.0. The minimum Gasteiger partial charge on any atom is -0.286 e. The minimum atomic E-state index is -0.537. The first-order chi connectivity index (χ1) is 11.2. The Morgan fingerprint density at radius 3 is 2.39 bits per heavy atom. The van der Waals surface area contributed by atoms with Crippen LogP contribution in [-0.4, -0.2) is 41.4 Å². The Hall–Kier alpha value is -1.68. The summed E-state index contributed by atoms with van der Waals surface area (Å²) in [6, 6.07) is 9.97. The van der Waals surface area contributed by atoms with E-state index in [1.165, 1.54) is 11.3 Å². The summed E-state index contributed by atoms with van der Waals surface area (Å²) in [5, 5.41) is 0. The number of imide groups is 1. The van der Waals surface area contributed by atoms with E-state index in [-0.39, 0.29) is 11.8 Å². The van der Waals surface area contributed by atoms with Crippen LogP contribution in [0.4, 0.5) is 0 Å². The highest BCUT2D eigenvalue weighted by atomic mass is 16.2. The van der Waals surface area contributed by atoms with E-state index < -0.39 is 5.41 Å². The number of rotatable bonds is 4. The molecule has 0 N–H and O–H groups in total. The molecule has 23 heavy (non-hydrogen) atoms. The van der Waals surface area contributed by atoms with Gasteiger partial charge in [0.15, 0.2) is 0 Å². The Bertz CT molecular complexity index is 566. The largest absolute Gasteiger partial charge is 0.286 e. The molecule has 2 aliphatic heterocycles. The predicted molar refractivity (Wildman–Crippen MR) is 89.8 cm³/mol. The predicted octanol–water partition coefficient (Wildman–Crippen LogP) is 2.93. The SMILES string of the molecule is CCC1(c2ccccc2)CCC(=O)N(CN2CCCCC2)C1=O. The van der Waals surface area contributed by atoms with Crippen LogP contribution in [0.5, 0.6) is 0 Å². The van der Waals surface area contributed by atoms with E-state index in [1.54, 1.807) is 0 Å². The lowest BCUT2D eigenvalue weighted by molar-refractivity contribution is -0.156.